The minimum absolute atomic E-state index is 0.0874. The summed E-state index contributed by atoms with van der Waals surface area (Å²) in [6.45, 7) is 5.10. The fourth-order valence-electron chi connectivity index (χ4n) is 5.68. The maximum Gasteiger partial charge on any atom is 0.244 e. The van der Waals surface area contributed by atoms with E-state index in [4.69, 9.17) is 0 Å². The molecule has 2 fully saturated rings. The van der Waals surface area contributed by atoms with E-state index in [-0.39, 0.29) is 34.5 Å². The van der Waals surface area contributed by atoms with Crippen molar-refractivity contribution < 1.29 is 12.8 Å². The summed E-state index contributed by atoms with van der Waals surface area (Å²) in [6, 6.07) is 5.42. The lowest BCUT2D eigenvalue weighted by Crippen LogP contribution is -2.53. The quantitative estimate of drug-likeness (QED) is 0.385. The smallest absolute Gasteiger partial charge is 0.244 e. The molecule has 204 valence electrons. The molecular formula is C26H30FN9O2S. The van der Waals surface area contributed by atoms with E-state index in [1.54, 1.807) is 15.1 Å². The van der Waals surface area contributed by atoms with Gasteiger partial charge in [-0.3, -0.25) is 9.58 Å². The third-order valence-electron chi connectivity index (χ3n) is 7.73. The van der Waals surface area contributed by atoms with E-state index in [0.717, 1.165) is 30.1 Å². The Morgan fingerprint density at radius 2 is 1.77 bits per heavy atom. The van der Waals surface area contributed by atoms with E-state index in [1.165, 1.54) is 18.5 Å². The maximum absolute atomic E-state index is 14.8. The molecule has 2 unspecified atom stereocenters. The van der Waals surface area contributed by atoms with E-state index >= 15 is 0 Å². The zero-order chi connectivity index (χ0) is 27.5. The van der Waals surface area contributed by atoms with Crippen molar-refractivity contribution in [3.63, 3.8) is 0 Å². The van der Waals surface area contributed by atoms with Crippen molar-refractivity contribution in [1.29, 1.82) is 0 Å². The highest BCUT2D eigenvalue weighted by Gasteiger charge is 2.42. The Labute approximate surface area is 226 Å². The number of fused-ring (bicyclic) bond motifs is 3. The fraction of sp³-hybridized carbons (Fsp3) is 0.423. The second-order valence-electron chi connectivity index (χ2n) is 10.5. The molecule has 11 nitrogen and oxygen atoms in total. The second-order valence-corrected chi connectivity index (χ2v) is 12.5. The minimum Gasteiger partial charge on any atom is -0.309 e. The van der Waals surface area contributed by atoms with E-state index in [2.05, 4.69) is 56.1 Å². The largest absolute Gasteiger partial charge is 0.309 e. The zero-order valence-electron chi connectivity index (χ0n) is 22.2. The molecule has 13 heteroatoms. The topological polar surface area (TPSA) is 122 Å². The SMILES string of the molecule is CC(C)c1c2cc(-c3nc(Nc4ccc(S(=O)(=O)N5CC6CCC(C5)N6C)cn4)ncc3F)cnc2nn1C. The number of aryl methyl sites for hydroxylation is 1. The predicted molar refractivity (Wildman–Crippen MR) is 144 cm³/mol. The van der Waals surface area contributed by atoms with E-state index in [9.17, 15) is 12.8 Å². The van der Waals surface area contributed by atoms with Gasteiger partial charge in [-0.15, -0.1) is 0 Å². The minimum atomic E-state index is -3.65. The number of piperazine rings is 1. The van der Waals surface area contributed by atoms with Gasteiger partial charge in [0.15, 0.2) is 11.5 Å². The van der Waals surface area contributed by atoms with Gasteiger partial charge >= 0.3 is 0 Å². The molecule has 0 aliphatic carbocycles. The van der Waals surface area contributed by atoms with Crippen LogP contribution in [-0.4, -0.2) is 79.6 Å². The highest BCUT2D eigenvalue weighted by atomic mass is 32.2. The molecule has 1 N–H and O–H groups in total. The average molecular weight is 552 g/mol. The van der Waals surface area contributed by atoms with Gasteiger partial charge in [0.25, 0.3) is 0 Å². The van der Waals surface area contributed by atoms with Gasteiger partial charge in [-0.2, -0.15) is 9.40 Å². The van der Waals surface area contributed by atoms with Gasteiger partial charge in [0, 0.05) is 55.6 Å². The van der Waals surface area contributed by atoms with Crippen molar-refractivity contribution in [2.24, 2.45) is 7.05 Å². The van der Waals surface area contributed by atoms with Crippen molar-refractivity contribution in [1.82, 2.24) is 38.9 Å². The van der Waals surface area contributed by atoms with Gasteiger partial charge in [-0.25, -0.2) is 32.7 Å². The molecule has 2 bridgehead atoms. The Hall–Kier alpha value is -3.55. The van der Waals surface area contributed by atoms with E-state index < -0.39 is 15.8 Å². The standard InChI is InChI=1S/C26H30FN9O2S/c1-15(2)24-20-9-16(10-29-25(20)33-35(24)4)23-21(27)12-30-26(32-23)31-22-8-7-19(11-28-22)39(37,38)36-13-17-5-6-18(14-36)34(17)3/h7-12,15,17-18H,5-6,13-14H2,1-4H3,(H,28,30,31,32). The van der Waals surface area contributed by atoms with Crippen LogP contribution in [0.2, 0.25) is 0 Å². The number of rotatable bonds is 6. The highest BCUT2D eigenvalue weighted by molar-refractivity contribution is 7.89. The van der Waals surface area contributed by atoms with Crippen molar-refractivity contribution in [2.75, 3.05) is 25.5 Å². The number of nitrogens with zero attached hydrogens (tertiary/aromatic N) is 8. The fourth-order valence-corrected chi connectivity index (χ4v) is 7.14. The second kappa shape index (κ2) is 9.57. The van der Waals surface area contributed by atoms with Crippen LogP contribution < -0.4 is 5.32 Å². The Kier molecular flexibility index (Phi) is 6.31. The van der Waals surface area contributed by atoms with Crippen LogP contribution in [0.5, 0.6) is 0 Å². The van der Waals surface area contributed by atoms with Crippen LogP contribution in [0.3, 0.4) is 0 Å². The van der Waals surface area contributed by atoms with Gasteiger partial charge in [-0.1, -0.05) is 13.8 Å². The first-order valence-corrected chi connectivity index (χ1v) is 14.4. The monoisotopic (exact) mass is 551 g/mol. The first-order chi connectivity index (χ1) is 18.6. The van der Waals surface area contributed by atoms with Crippen LogP contribution in [-0.2, 0) is 17.1 Å². The summed E-state index contributed by atoms with van der Waals surface area (Å²) >= 11 is 0. The molecule has 0 radical (unpaired) electrons. The van der Waals surface area contributed by atoms with Crippen LogP contribution >= 0.6 is 0 Å². The summed E-state index contributed by atoms with van der Waals surface area (Å²) in [6.07, 6.45) is 5.98. The zero-order valence-corrected chi connectivity index (χ0v) is 23.0. The Bertz CT molecular complexity index is 1640. The molecule has 2 aliphatic heterocycles. The molecule has 39 heavy (non-hydrogen) atoms. The third-order valence-corrected chi connectivity index (χ3v) is 9.54. The predicted octanol–water partition coefficient (Wildman–Crippen LogP) is 3.29. The van der Waals surface area contributed by atoms with E-state index in [0.29, 0.717) is 30.1 Å². The van der Waals surface area contributed by atoms with Crippen LogP contribution in [0.25, 0.3) is 22.3 Å². The number of hydrogen-bond acceptors (Lipinski definition) is 9. The molecule has 0 saturated carbocycles. The van der Waals surface area contributed by atoms with Gasteiger partial charge < -0.3 is 5.32 Å². The normalized spacial score (nSPS) is 20.3. The average Bonchev–Trinajstić information content (AvgIpc) is 3.31. The van der Waals surface area contributed by atoms with E-state index in [1.807, 2.05) is 13.1 Å². The van der Waals surface area contributed by atoms with Crippen molar-refractivity contribution >= 4 is 32.8 Å². The maximum atomic E-state index is 14.8. The molecular weight excluding hydrogens is 521 g/mol. The summed E-state index contributed by atoms with van der Waals surface area (Å²) in [5.41, 5.74) is 2.16. The number of pyridine rings is 2. The lowest BCUT2D eigenvalue weighted by Gasteiger charge is -2.37. The number of halogens is 1. The number of aromatic nitrogens is 6. The Morgan fingerprint density at radius 1 is 1.03 bits per heavy atom. The first kappa shape index (κ1) is 25.7. The molecule has 0 spiro atoms. The molecule has 0 amide bonds. The summed E-state index contributed by atoms with van der Waals surface area (Å²) in [7, 11) is 0.273. The van der Waals surface area contributed by atoms with Gasteiger partial charge in [0.2, 0.25) is 16.0 Å². The summed E-state index contributed by atoms with van der Waals surface area (Å²) in [5, 5.41) is 8.23. The van der Waals surface area contributed by atoms with Crippen molar-refractivity contribution in [3.05, 3.63) is 48.3 Å². The summed E-state index contributed by atoms with van der Waals surface area (Å²) in [4.78, 5) is 19.5. The molecule has 4 aromatic heterocycles. The lowest BCUT2D eigenvalue weighted by atomic mass is 10.1. The molecule has 6 heterocycles. The van der Waals surface area contributed by atoms with Gasteiger partial charge in [0.1, 0.15) is 16.4 Å². The Morgan fingerprint density at radius 3 is 2.44 bits per heavy atom. The van der Waals surface area contributed by atoms with Crippen LogP contribution in [0, 0.1) is 5.82 Å². The number of anilines is 2. The van der Waals surface area contributed by atoms with Crippen LogP contribution in [0.1, 0.15) is 38.3 Å². The van der Waals surface area contributed by atoms with Crippen molar-refractivity contribution in [2.45, 2.75) is 49.6 Å². The Balaban J connectivity index is 1.23. The van der Waals surface area contributed by atoms with Crippen molar-refractivity contribution in [3.8, 4) is 11.3 Å². The third kappa shape index (κ3) is 4.53. The summed E-state index contributed by atoms with van der Waals surface area (Å²) < 4.78 is 44.7. The molecule has 2 aliphatic rings. The highest BCUT2D eigenvalue weighted by Crippen LogP contribution is 2.32. The number of hydrogen-bond donors (Lipinski definition) is 1. The number of sulfonamides is 1. The van der Waals surface area contributed by atoms with Crippen LogP contribution in [0.4, 0.5) is 16.2 Å². The molecule has 2 saturated heterocycles. The molecule has 0 aromatic carbocycles. The number of likely N-dealkylation sites (N-methyl/N-ethyl adjacent to an activating group) is 1. The first-order valence-electron chi connectivity index (χ1n) is 12.9. The molecule has 6 rings (SSSR count). The van der Waals surface area contributed by atoms with Gasteiger partial charge in [-0.05, 0) is 44.0 Å². The molecule has 2 atom stereocenters. The number of nitrogens with one attached hydrogen (secondary N) is 1. The van der Waals surface area contributed by atoms with Crippen LogP contribution in [0.15, 0.2) is 41.7 Å². The van der Waals surface area contributed by atoms with Gasteiger partial charge in [0.05, 0.1) is 11.9 Å². The molecule has 4 aromatic rings. The lowest BCUT2D eigenvalue weighted by molar-refractivity contribution is 0.140. The summed E-state index contributed by atoms with van der Waals surface area (Å²) in [5.74, 6) is 0.0782.